The number of nitrogens with two attached hydrogens (primary N) is 1. The van der Waals surface area contributed by atoms with Crippen molar-refractivity contribution >= 4 is 37.8 Å². The molecular formula is C60H99N9O11Si. The number of nitrogens with one attached hydrogen (secondary N) is 6. The molecule has 0 aromatic rings. The summed E-state index contributed by atoms with van der Waals surface area (Å²) >= 11 is 0. The van der Waals surface area contributed by atoms with E-state index < -0.39 is 44.7 Å². The highest BCUT2D eigenvalue weighted by molar-refractivity contribution is 6.76. The maximum absolute atomic E-state index is 13.8. The predicted octanol–water partition coefficient (Wildman–Crippen LogP) is 5.69. The molecule has 0 radical (unpaired) electrons. The Labute approximate surface area is 482 Å². The summed E-state index contributed by atoms with van der Waals surface area (Å²) in [5.74, 6) is -0.226. The minimum Gasteiger partial charge on any atom is -0.448 e. The SMILES string of the molecule is CO[C@H](C/C(N)=C(\C)[C@H](O)N1CCC2C=CCC[C@H]21)OC[C@H]1CC(CO[C@H]2CCC3=C(C2)NC[C@@H]2C[C@@H]4C=CCCC4N2C3)=C[C@@H](NC(=O)[C@H](C)NC(=O)[C@H](C)NC(=O)CCCCC(=O)NCCCONC(=O)OCC[Si](C)(C)C)C1. The monoisotopic (exact) mass is 1150 g/mol. The average Bonchev–Trinajstić information content (AvgIpc) is 4.09. The van der Waals surface area contributed by atoms with Crippen molar-refractivity contribution < 1.29 is 52.9 Å². The van der Waals surface area contributed by atoms with Crippen LogP contribution in [0.4, 0.5) is 4.79 Å². The standard InChI is InChI=1S/C60H99N9O11Si/c1-39(59(74)68-25-23-44-15-8-10-17-52(44)68)50(61)34-56(76-4)79-38-43-29-42(37-78-49-22-21-46-36-69-48(35-63-51(46)33-49)32-45-16-9-11-18-53(45)69)30-47(31-43)66-58(73)41(3)65-57(72)40(2)64-55(71)20-13-12-19-54(70)62-24-14-26-80-67-60(75)77-27-28-81(5,6)7/h8-9,15-16,30,40-41,43-45,47-49,52-53,56,59,63,74H,10-14,17-29,31-38,61H2,1-7H3,(H,62,70)(H,64,71)(H,65,72)(H,66,73)(H,67,75)/b50-39-/t40-,41-,43-,44?,45-,47+,48-,49-,52+,53?,56-,59-/m0/s1. The van der Waals surface area contributed by atoms with Gasteiger partial charge in [-0.2, -0.15) is 5.48 Å². The average molecular weight is 1150 g/mol. The first kappa shape index (κ1) is 64.0. The summed E-state index contributed by atoms with van der Waals surface area (Å²) in [7, 11) is 0.293. The fourth-order valence-corrected chi connectivity index (χ4v) is 13.4. The van der Waals surface area contributed by atoms with Gasteiger partial charge in [0.25, 0.3) is 0 Å². The van der Waals surface area contributed by atoms with E-state index in [9.17, 15) is 29.1 Å². The summed E-state index contributed by atoms with van der Waals surface area (Å²) in [6.45, 7) is 16.2. The number of ether oxygens (including phenoxy) is 4. The molecule has 9 N–H and O–H groups in total. The third-order valence-electron chi connectivity index (χ3n) is 17.5. The van der Waals surface area contributed by atoms with Crippen molar-refractivity contribution in [2.75, 3.05) is 59.7 Å². The second kappa shape index (κ2) is 31.3. The number of rotatable bonds is 29. The fourth-order valence-electron chi connectivity index (χ4n) is 12.7. The van der Waals surface area contributed by atoms with Gasteiger partial charge in [-0.05, 0) is 145 Å². The topological polar surface area (TPSA) is 256 Å². The molecule has 5 amide bonds. The Morgan fingerprint density at radius 1 is 0.889 bits per heavy atom. The molecule has 0 aromatic carbocycles. The molecule has 2 unspecified atom stereocenters. The number of hydrogen-bond donors (Lipinski definition) is 8. The maximum Gasteiger partial charge on any atom is 0.431 e. The molecule has 81 heavy (non-hydrogen) atoms. The highest BCUT2D eigenvalue weighted by Crippen LogP contribution is 2.40. The van der Waals surface area contributed by atoms with Crippen LogP contribution < -0.4 is 37.8 Å². The quantitative estimate of drug-likeness (QED) is 0.0147. The lowest BCUT2D eigenvalue weighted by Gasteiger charge is -2.34. The highest BCUT2D eigenvalue weighted by Gasteiger charge is 2.43. The van der Waals surface area contributed by atoms with Crippen molar-refractivity contribution in [1.82, 2.24) is 41.9 Å². The number of aliphatic hydroxyl groups is 1. The van der Waals surface area contributed by atoms with E-state index in [1.54, 1.807) is 21.0 Å². The van der Waals surface area contributed by atoms with E-state index in [0.717, 1.165) is 69.8 Å². The molecule has 2 saturated heterocycles. The van der Waals surface area contributed by atoms with Crippen LogP contribution in [0.3, 0.4) is 0 Å². The summed E-state index contributed by atoms with van der Waals surface area (Å²) in [5, 5.41) is 26.8. The molecule has 12 atom stereocenters. The van der Waals surface area contributed by atoms with Crippen molar-refractivity contribution in [3.8, 4) is 0 Å². The molecule has 2 fully saturated rings. The summed E-state index contributed by atoms with van der Waals surface area (Å²) < 4.78 is 24.1. The largest absolute Gasteiger partial charge is 0.448 e. The van der Waals surface area contributed by atoms with Crippen LogP contribution in [0.15, 0.2) is 58.5 Å². The number of amides is 5. The van der Waals surface area contributed by atoms with Gasteiger partial charge < -0.3 is 56.4 Å². The number of allylic oxidation sites excluding steroid dienone is 2. The Morgan fingerprint density at radius 2 is 1.63 bits per heavy atom. The Kier molecular flexibility index (Phi) is 24.7. The Morgan fingerprint density at radius 3 is 2.40 bits per heavy atom. The zero-order chi connectivity index (χ0) is 58.1. The molecule has 0 saturated carbocycles. The smallest absolute Gasteiger partial charge is 0.431 e. The molecule has 454 valence electrons. The number of carbonyl (C=O) groups excluding carboxylic acids is 5. The minimum absolute atomic E-state index is 0.00277. The van der Waals surface area contributed by atoms with Crippen LogP contribution in [0.5, 0.6) is 0 Å². The third-order valence-corrected chi connectivity index (χ3v) is 19.2. The Bertz CT molecular complexity index is 2290. The number of nitrogens with zero attached hydrogens (tertiary/aromatic N) is 2. The van der Waals surface area contributed by atoms with Crippen molar-refractivity contribution in [2.45, 2.75) is 210 Å². The third kappa shape index (κ3) is 19.7. The number of methoxy groups -OCH3 is 1. The number of likely N-dealkylation sites (tertiary alicyclic amines) is 1. The molecule has 7 rings (SSSR count). The predicted molar refractivity (Wildman–Crippen MR) is 313 cm³/mol. The van der Waals surface area contributed by atoms with Crippen molar-refractivity contribution in [3.05, 3.63) is 58.5 Å². The Balaban J connectivity index is 0.856. The van der Waals surface area contributed by atoms with Crippen LogP contribution in [0, 0.1) is 17.8 Å². The molecule has 0 spiro atoms. The summed E-state index contributed by atoms with van der Waals surface area (Å²) in [6, 6.07) is 0.205. The molecule has 0 bridgehead atoms. The van der Waals surface area contributed by atoms with E-state index in [2.05, 4.69) is 91.9 Å². The van der Waals surface area contributed by atoms with Crippen molar-refractivity contribution in [2.24, 2.45) is 23.5 Å². The van der Waals surface area contributed by atoms with Gasteiger partial charge in [-0.25, -0.2) is 4.79 Å². The molecule has 21 heteroatoms. The van der Waals surface area contributed by atoms with E-state index in [4.69, 9.17) is 29.5 Å². The maximum atomic E-state index is 13.8. The van der Waals surface area contributed by atoms with Gasteiger partial charge >= 0.3 is 6.09 Å². The number of unbranched alkanes of at least 4 members (excludes halogenated alkanes) is 1. The molecule has 4 aliphatic carbocycles. The second-order valence-corrected chi connectivity index (χ2v) is 30.7. The van der Waals surface area contributed by atoms with E-state index in [-0.39, 0.29) is 61.7 Å². The molecular weight excluding hydrogens is 1050 g/mol. The first-order valence-electron chi connectivity index (χ1n) is 30.4. The molecule has 3 aliphatic heterocycles. The number of aliphatic hydroxyl groups excluding tert-OH is 1. The Hall–Kier alpha value is -4.61. The number of hydroxylamine groups is 1. The van der Waals surface area contributed by atoms with Gasteiger partial charge in [0.15, 0.2) is 6.29 Å². The number of carbonyl (C=O) groups is 5. The highest BCUT2D eigenvalue weighted by atomic mass is 28.3. The van der Waals surface area contributed by atoms with Gasteiger partial charge in [-0.3, -0.25) is 33.8 Å². The van der Waals surface area contributed by atoms with Crippen LogP contribution in [-0.4, -0.2) is 167 Å². The first-order valence-corrected chi connectivity index (χ1v) is 34.1. The van der Waals surface area contributed by atoms with Crippen LogP contribution in [0.25, 0.3) is 0 Å². The minimum atomic E-state index is -1.30. The van der Waals surface area contributed by atoms with E-state index in [1.807, 2.05) is 6.92 Å². The zero-order valence-corrected chi connectivity index (χ0v) is 50.7. The van der Waals surface area contributed by atoms with Crippen LogP contribution in [0.1, 0.15) is 130 Å². The van der Waals surface area contributed by atoms with E-state index in [1.165, 1.54) is 30.5 Å². The second-order valence-electron chi connectivity index (χ2n) is 25.1. The van der Waals surface area contributed by atoms with Crippen LogP contribution in [0.2, 0.25) is 25.7 Å². The normalized spacial score (nSPS) is 27.3. The first-order chi connectivity index (χ1) is 38.8. The molecule has 3 heterocycles. The van der Waals surface area contributed by atoms with E-state index >= 15 is 0 Å². The van der Waals surface area contributed by atoms with Crippen LogP contribution in [-0.2, 0) is 43.0 Å². The van der Waals surface area contributed by atoms with Gasteiger partial charge in [-0.15, -0.1) is 0 Å². The zero-order valence-electron chi connectivity index (χ0n) is 49.7. The lowest BCUT2D eigenvalue weighted by atomic mass is 9.86. The summed E-state index contributed by atoms with van der Waals surface area (Å²) in [4.78, 5) is 74.1. The fraction of sp³-hybridized carbons (Fsp3) is 0.750. The molecule has 7 aliphatic rings. The van der Waals surface area contributed by atoms with Crippen molar-refractivity contribution in [1.29, 1.82) is 0 Å². The van der Waals surface area contributed by atoms with Gasteiger partial charge in [-0.1, -0.05) is 50.0 Å². The molecule has 20 nitrogen and oxygen atoms in total. The summed E-state index contributed by atoms with van der Waals surface area (Å²) in [6.07, 6.45) is 22.3. The summed E-state index contributed by atoms with van der Waals surface area (Å²) in [5.41, 5.74) is 14.1. The number of hydrogen-bond acceptors (Lipinski definition) is 15. The van der Waals surface area contributed by atoms with Gasteiger partial charge in [0.1, 0.15) is 18.3 Å². The lowest BCUT2D eigenvalue weighted by Crippen LogP contribution is -2.53. The van der Waals surface area contributed by atoms with Gasteiger partial charge in [0.2, 0.25) is 23.6 Å². The van der Waals surface area contributed by atoms with Gasteiger partial charge in [0, 0.05) is 103 Å². The van der Waals surface area contributed by atoms with Crippen molar-refractivity contribution in [3.63, 3.8) is 0 Å². The number of fused-ring (bicyclic) bond motifs is 4. The van der Waals surface area contributed by atoms with Gasteiger partial charge in [0.05, 0.1) is 32.5 Å². The van der Waals surface area contributed by atoms with E-state index in [0.29, 0.717) is 99.7 Å². The van der Waals surface area contributed by atoms with Crippen LogP contribution >= 0.6 is 0 Å². The lowest BCUT2D eigenvalue weighted by molar-refractivity contribution is -0.134. The molecule has 0 aromatic heterocycles.